The van der Waals surface area contributed by atoms with E-state index in [-0.39, 0.29) is 12.5 Å². The number of carbonyl (C=O) groups excluding carboxylic acids is 1. The lowest BCUT2D eigenvalue weighted by Gasteiger charge is -1.98. The SMILES string of the molecule is O=C(NCc1nn[nH]n1)c1csc(I)c1. The minimum Gasteiger partial charge on any atom is -0.345 e. The van der Waals surface area contributed by atoms with Crippen LogP contribution in [0.15, 0.2) is 11.4 Å². The molecule has 0 unspecified atom stereocenters. The van der Waals surface area contributed by atoms with Crippen LogP contribution in [-0.2, 0) is 6.54 Å². The van der Waals surface area contributed by atoms with Gasteiger partial charge < -0.3 is 5.32 Å². The number of rotatable bonds is 3. The molecular weight excluding hydrogens is 329 g/mol. The third-order valence-electron chi connectivity index (χ3n) is 1.63. The van der Waals surface area contributed by atoms with Crippen molar-refractivity contribution in [2.75, 3.05) is 0 Å². The summed E-state index contributed by atoms with van der Waals surface area (Å²) in [5, 5.41) is 17.7. The zero-order chi connectivity index (χ0) is 10.7. The number of aromatic nitrogens is 4. The van der Waals surface area contributed by atoms with Gasteiger partial charge >= 0.3 is 0 Å². The van der Waals surface area contributed by atoms with Crippen molar-refractivity contribution in [3.05, 3.63) is 25.7 Å². The number of halogens is 1. The predicted octanol–water partition coefficient (Wildman–Crippen LogP) is 0.796. The standard InChI is InChI=1S/C7H6IN5OS/c8-5-1-4(3-15-5)7(14)9-2-6-10-12-13-11-6/h1,3H,2H2,(H,9,14)(H,10,11,12,13). The minimum absolute atomic E-state index is 0.126. The number of tetrazole rings is 1. The van der Waals surface area contributed by atoms with Crippen molar-refractivity contribution in [1.82, 2.24) is 25.9 Å². The summed E-state index contributed by atoms with van der Waals surface area (Å²) in [6.07, 6.45) is 0. The van der Waals surface area contributed by atoms with E-state index in [2.05, 4.69) is 48.5 Å². The molecule has 2 rings (SSSR count). The summed E-state index contributed by atoms with van der Waals surface area (Å²) in [5.41, 5.74) is 0.660. The molecule has 0 saturated carbocycles. The van der Waals surface area contributed by atoms with Crippen LogP contribution in [-0.4, -0.2) is 26.5 Å². The Hall–Kier alpha value is -1.03. The summed E-state index contributed by atoms with van der Waals surface area (Å²) < 4.78 is 1.08. The molecule has 0 fully saturated rings. The number of nitrogens with one attached hydrogen (secondary N) is 2. The Morgan fingerprint density at radius 1 is 1.67 bits per heavy atom. The van der Waals surface area contributed by atoms with Gasteiger partial charge in [0.05, 0.1) is 15.0 Å². The van der Waals surface area contributed by atoms with Crippen LogP contribution in [0.2, 0.25) is 0 Å². The molecule has 0 aliphatic carbocycles. The fourth-order valence-electron chi connectivity index (χ4n) is 0.948. The maximum atomic E-state index is 11.6. The molecule has 1 amide bonds. The first kappa shape index (κ1) is 10.5. The molecule has 6 nitrogen and oxygen atoms in total. The molecule has 0 bridgehead atoms. The van der Waals surface area contributed by atoms with E-state index < -0.39 is 0 Å². The number of nitrogens with zero attached hydrogens (tertiary/aromatic N) is 3. The number of aromatic amines is 1. The molecule has 8 heteroatoms. The highest BCUT2D eigenvalue weighted by Gasteiger charge is 2.08. The van der Waals surface area contributed by atoms with E-state index in [1.807, 2.05) is 11.4 Å². The molecule has 0 aromatic carbocycles. The Labute approximate surface area is 103 Å². The van der Waals surface area contributed by atoms with E-state index in [1.165, 1.54) is 11.3 Å². The van der Waals surface area contributed by atoms with Crippen molar-refractivity contribution in [1.29, 1.82) is 0 Å². The number of carbonyl (C=O) groups is 1. The Morgan fingerprint density at radius 3 is 3.13 bits per heavy atom. The Kier molecular flexibility index (Phi) is 3.26. The van der Waals surface area contributed by atoms with Gasteiger partial charge in [-0.2, -0.15) is 5.21 Å². The molecule has 2 N–H and O–H groups in total. The molecule has 0 aliphatic heterocycles. The number of hydrogen-bond donors (Lipinski definition) is 2. The Morgan fingerprint density at radius 2 is 2.53 bits per heavy atom. The molecule has 0 spiro atoms. The van der Waals surface area contributed by atoms with Gasteiger partial charge in [0.2, 0.25) is 0 Å². The molecular formula is C7H6IN5OS. The van der Waals surface area contributed by atoms with E-state index in [1.54, 1.807) is 0 Å². The van der Waals surface area contributed by atoms with E-state index in [9.17, 15) is 4.79 Å². The van der Waals surface area contributed by atoms with Crippen LogP contribution in [0.4, 0.5) is 0 Å². The van der Waals surface area contributed by atoms with Crippen molar-refractivity contribution < 1.29 is 4.79 Å². The van der Waals surface area contributed by atoms with E-state index in [0.717, 1.165) is 2.88 Å². The molecule has 2 aromatic rings. The molecule has 15 heavy (non-hydrogen) atoms. The van der Waals surface area contributed by atoms with Crippen molar-refractivity contribution in [3.63, 3.8) is 0 Å². The second-order valence-corrected chi connectivity index (χ2v) is 5.46. The smallest absolute Gasteiger partial charge is 0.252 e. The van der Waals surface area contributed by atoms with Crippen molar-refractivity contribution in [2.24, 2.45) is 0 Å². The summed E-state index contributed by atoms with van der Waals surface area (Å²) in [7, 11) is 0. The van der Waals surface area contributed by atoms with Crippen LogP contribution in [0.5, 0.6) is 0 Å². The monoisotopic (exact) mass is 335 g/mol. The topological polar surface area (TPSA) is 83.6 Å². The van der Waals surface area contributed by atoms with Crippen molar-refractivity contribution >= 4 is 39.8 Å². The highest BCUT2D eigenvalue weighted by Crippen LogP contribution is 2.16. The summed E-state index contributed by atoms with van der Waals surface area (Å²) >= 11 is 3.70. The predicted molar refractivity (Wildman–Crippen MR) is 62.4 cm³/mol. The maximum Gasteiger partial charge on any atom is 0.252 e. The minimum atomic E-state index is -0.126. The van der Waals surface area contributed by atoms with Crippen LogP contribution in [0, 0.1) is 2.88 Å². The summed E-state index contributed by atoms with van der Waals surface area (Å²) in [6.45, 7) is 0.280. The quantitative estimate of drug-likeness (QED) is 0.813. The van der Waals surface area contributed by atoms with Gasteiger partial charge in [-0.15, -0.1) is 21.5 Å². The average molecular weight is 335 g/mol. The molecule has 0 radical (unpaired) electrons. The average Bonchev–Trinajstić information content (AvgIpc) is 2.84. The van der Waals surface area contributed by atoms with Gasteiger partial charge in [0.25, 0.3) is 5.91 Å². The summed E-state index contributed by atoms with van der Waals surface area (Å²) in [6, 6.07) is 1.83. The van der Waals surface area contributed by atoms with Crippen LogP contribution >= 0.6 is 33.9 Å². The normalized spacial score (nSPS) is 10.2. The third kappa shape index (κ3) is 2.72. The van der Waals surface area contributed by atoms with Gasteiger partial charge in [0.1, 0.15) is 0 Å². The van der Waals surface area contributed by atoms with Crippen LogP contribution in [0.25, 0.3) is 0 Å². The summed E-state index contributed by atoms with van der Waals surface area (Å²) in [4.78, 5) is 11.6. The van der Waals surface area contributed by atoms with E-state index in [4.69, 9.17) is 0 Å². The van der Waals surface area contributed by atoms with Gasteiger partial charge in [-0.25, -0.2) is 0 Å². The van der Waals surface area contributed by atoms with Gasteiger partial charge in [-0.3, -0.25) is 4.79 Å². The van der Waals surface area contributed by atoms with Gasteiger partial charge in [0.15, 0.2) is 5.82 Å². The summed E-state index contributed by atoms with van der Waals surface area (Å²) in [5.74, 6) is 0.340. The van der Waals surface area contributed by atoms with Crippen molar-refractivity contribution in [3.8, 4) is 0 Å². The number of H-pyrrole nitrogens is 1. The first-order valence-corrected chi connectivity index (χ1v) is 5.96. The first-order chi connectivity index (χ1) is 7.25. The zero-order valence-electron chi connectivity index (χ0n) is 7.40. The largest absolute Gasteiger partial charge is 0.345 e. The lowest BCUT2D eigenvalue weighted by molar-refractivity contribution is 0.0950. The highest BCUT2D eigenvalue weighted by molar-refractivity contribution is 14.1. The van der Waals surface area contributed by atoms with Crippen LogP contribution in [0.3, 0.4) is 0 Å². The Bertz CT molecular complexity index is 454. The van der Waals surface area contributed by atoms with Gasteiger partial charge in [-0.1, -0.05) is 5.21 Å². The zero-order valence-corrected chi connectivity index (χ0v) is 10.4. The second-order valence-electron chi connectivity index (χ2n) is 2.65. The molecule has 78 valence electrons. The highest BCUT2D eigenvalue weighted by atomic mass is 127. The van der Waals surface area contributed by atoms with E-state index in [0.29, 0.717) is 11.4 Å². The molecule has 0 atom stereocenters. The number of thiophene rings is 1. The first-order valence-electron chi connectivity index (χ1n) is 4.00. The van der Waals surface area contributed by atoms with Gasteiger partial charge in [0, 0.05) is 5.38 Å². The lowest BCUT2D eigenvalue weighted by Crippen LogP contribution is -2.22. The third-order valence-corrected chi connectivity index (χ3v) is 3.41. The van der Waals surface area contributed by atoms with Crippen molar-refractivity contribution in [2.45, 2.75) is 6.54 Å². The molecule has 0 aliphatic rings. The maximum absolute atomic E-state index is 11.6. The fraction of sp³-hybridized carbons (Fsp3) is 0.143. The van der Waals surface area contributed by atoms with Crippen LogP contribution in [0.1, 0.15) is 16.2 Å². The number of hydrogen-bond acceptors (Lipinski definition) is 5. The fourth-order valence-corrected chi connectivity index (χ4v) is 2.27. The molecule has 2 heterocycles. The van der Waals surface area contributed by atoms with Crippen LogP contribution < -0.4 is 5.32 Å². The van der Waals surface area contributed by atoms with Gasteiger partial charge in [-0.05, 0) is 28.7 Å². The second kappa shape index (κ2) is 4.66. The molecule has 2 aromatic heterocycles. The van der Waals surface area contributed by atoms with E-state index >= 15 is 0 Å². The number of amides is 1. The Balaban J connectivity index is 1.93. The lowest BCUT2D eigenvalue weighted by atomic mass is 10.3. The molecule has 0 saturated heterocycles.